The normalized spacial score (nSPS) is 17.6. The topological polar surface area (TPSA) is 37.4 Å². The van der Waals surface area contributed by atoms with E-state index < -0.39 is 0 Å². The van der Waals surface area contributed by atoms with Crippen LogP contribution in [0.4, 0.5) is 5.13 Å². The van der Waals surface area contributed by atoms with E-state index in [0.717, 1.165) is 11.0 Å². The van der Waals surface area contributed by atoms with Crippen LogP contribution >= 0.6 is 11.3 Å². The van der Waals surface area contributed by atoms with Crippen LogP contribution in [-0.4, -0.2) is 33.2 Å². The van der Waals surface area contributed by atoms with E-state index in [-0.39, 0.29) is 5.54 Å². The van der Waals surface area contributed by atoms with E-state index in [0.29, 0.717) is 0 Å². The molecule has 1 aliphatic rings. The summed E-state index contributed by atoms with van der Waals surface area (Å²) in [5.41, 5.74) is 0.136. The van der Waals surface area contributed by atoms with Gasteiger partial charge in [-0.3, -0.25) is 0 Å². The molecule has 84 valence electrons. The van der Waals surface area contributed by atoms with Crippen LogP contribution in [0.5, 0.6) is 5.88 Å². The summed E-state index contributed by atoms with van der Waals surface area (Å²) in [6.07, 6.45) is 2.35. The summed E-state index contributed by atoms with van der Waals surface area (Å²) in [5.74, 6) is 0.774. The van der Waals surface area contributed by atoms with Gasteiger partial charge in [0.05, 0.1) is 17.5 Å². The molecule has 1 aliphatic carbocycles. The van der Waals surface area contributed by atoms with Gasteiger partial charge in [-0.1, -0.05) is 11.3 Å². The van der Waals surface area contributed by atoms with Crippen molar-refractivity contribution < 1.29 is 4.74 Å². The van der Waals surface area contributed by atoms with E-state index in [9.17, 15) is 0 Å². The fourth-order valence-corrected chi connectivity index (χ4v) is 2.85. The third-order valence-corrected chi connectivity index (χ3v) is 4.23. The number of nitrogens with zero attached hydrogens (tertiary/aromatic N) is 2. The largest absolute Gasteiger partial charge is 0.480 e. The summed E-state index contributed by atoms with van der Waals surface area (Å²) in [6.45, 7) is 0. The Hall–Kier alpha value is -0.810. The first-order valence-electron chi connectivity index (χ1n) is 5.04. The Morgan fingerprint density at radius 2 is 2.13 bits per heavy atom. The standard InChI is InChI=1S/C10H17N3OS/c1-11-10(5-6-10)7-8(14-4)12-9(15-7)13(2)3/h11H,5-6H2,1-4H3. The quantitative estimate of drug-likeness (QED) is 0.844. The summed E-state index contributed by atoms with van der Waals surface area (Å²) in [5, 5.41) is 4.37. The van der Waals surface area contributed by atoms with Gasteiger partial charge in [-0.25, -0.2) is 0 Å². The molecule has 0 unspecified atom stereocenters. The molecule has 0 spiro atoms. The highest BCUT2D eigenvalue weighted by molar-refractivity contribution is 7.16. The average Bonchev–Trinajstić information content (AvgIpc) is 2.90. The number of aromatic nitrogens is 1. The van der Waals surface area contributed by atoms with Crippen LogP contribution in [0.15, 0.2) is 0 Å². The van der Waals surface area contributed by atoms with Crippen LogP contribution in [0.2, 0.25) is 0 Å². The molecule has 1 fully saturated rings. The predicted octanol–water partition coefficient (Wildman–Crippen LogP) is 1.43. The first kappa shape index (κ1) is 10.7. The third-order valence-electron chi connectivity index (χ3n) is 2.82. The van der Waals surface area contributed by atoms with Gasteiger partial charge >= 0.3 is 0 Å². The van der Waals surface area contributed by atoms with Crippen molar-refractivity contribution in [3.8, 4) is 5.88 Å². The van der Waals surface area contributed by atoms with Crippen LogP contribution in [0.3, 0.4) is 0 Å². The van der Waals surface area contributed by atoms with E-state index in [1.54, 1.807) is 18.4 Å². The van der Waals surface area contributed by atoms with Crippen LogP contribution < -0.4 is 15.0 Å². The zero-order chi connectivity index (χ0) is 11.1. The minimum absolute atomic E-state index is 0.136. The zero-order valence-electron chi connectivity index (χ0n) is 9.63. The van der Waals surface area contributed by atoms with Crippen molar-refractivity contribution in [1.29, 1.82) is 0 Å². The number of anilines is 1. The van der Waals surface area contributed by atoms with Crippen molar-refractivity contribution >= 4 is 16.5 Å². The van der Waals surface area contributed by atoms with Crippen molar-refractivity contribution in [2.24, 2.45) is 0 Å². The lowest BCUT2D eigenvalue weighted by Gasteiger charge is -2.12. The van der Waals surface area contributed by atoms with Gasteiger partial charge in [0.1, 0.15) is 0 Å². The Bertz CT molecular complexity index is 358. The first-order chi connectivity index (χ1) is 7.13. The molecule has 1 aromatic heterocycles. The molecule has 5 heteroatoms. The van der Waals surface area contributed by atoms with Crippen molar-refractivity contribution in [2.45, 2.75) is 18.4 Å². The summed E-state index contributed by atoms with van der Waals surface area (Å²) < 4.78 is 5.34. The molecule has 0 bridgehead atoms. The molecule has 0 amide bonds. The van der Waals surface area contributed by atoms with E-state index in [4.69, 9.17) is 4.74 Å². The molecule has 1 aromatic rings. The highest BCUT2D eigenvalue weighted by atomic mass is 32.1. The van der Waals surface area contributed by atoms with Gasteiger partial charge in [0.15, 0.2) is 5.13 Å². The average molecular weight is 227 g/mol. The number of rotatable bonds is 4. The maximum Gasteiger partial charge on any atom is 0.231 e. The number of hydrogen-bond donors (Lipinski definition) is 1. The van der Waals surface area contributed by atoms with Gasteiger partial charge in [0, 0.05) is 14.1 Å². The molecular formula is C10H17N3OS. The third kappa shape index (κ3) is 1.70. The number of methoxy groups -OCH3 is 1. The highest BCUT2D eigenvalue weighted by Crippen LogP contribution is 2.52. The summed E-state index contributed by atoms with van der Waals surface area (Å²) in [6, 6.07) is 0. The second-order valence-electron chi connectivity index (χ2n) is 4.06. The van der Waals surface area contributed by atoms with Crippen LogP contribution in [-0.2, 0) is 5.54 Å². The van der Waals surface area contributed by atoms with Crippen LogP contribution in [0.1, 0.15) is 17.7 Å². The second kappa shape index (κ2) is 3.64. The Morgan fingerprint density at radius 1 is 1.47 bits per heavy atom. The van der Waals surface area contributed by atoms with Gasteiger partial charge in [-0.2, -0.15) is 4.98 Å². The van der Waals surface area contributed by atoms with Gasteiger partial charge < -0.3 is 15.0 Å². The number of thiazole rings is 1. The lowest BCUT2D eigenvalue weighted by Crippen LogP contribution is -2.23. The van der Waals surface area contributed by atoms with Gasteiger partial charge in [0.25, 0.3) is 0 Å². The Labute approximate surface area is 94.3 Å². The number of hydrogen-bond acceptors (Lipinski definition) is 5. The maximum atomic E-state index is 5.34. The molecular weight excluding hydrogens is 210 g/mol. The minimum atomic E-state index is 0.136. The summed E-state index contributed by atoms with van der Waals surface area (Å²) in [7, 11) is 7.69. The smallest absolute Gasteiger partial charge is 0.231 e. The monoisotopic (exact) mass is 227 g/mol. The predicted molar refractivity (Wildman–Crippen MR) is 63.0 cm³/mol. The van der Waals surface area contributed by atoms with Crippen molar-refractivity contribution in [1.82, 2.24) is 10.3 Å². The van der Waals surface area contributed by atoms with Crippen LogP contribution in [0.25, 0.3) is 0 Å². The SMILES string of the molecule is CNC1(c2sc(N(C)C)nc2OC)CC1. The lowest BCUT2D eigenvalue weighted by atomic mass is 10.2. The highest BCUT2D eigenvalue weighted by Gasteiger charge is 2.47. The number of ether oxygens (including phenoxy) is 1. The molecule has 0 atom stereocenters. The van der Waals surface area contributed by atoms with Crippen molar-refractivity contribution in [3.05, 3.63) is 4.88 Å². The van der Waals surface area contributed by atoms with Crippen LogP contribution in [0, 0.1) is 0 Å². The van der Waals surface area contributed by atoms with Gasteiger partial charge in [-0.15, -0.1) is 0 Å². The molecule has 1 N–H and O–H groups in total. The fraction of sp³-hybridized carbons (Fsp3) is 0.700. The summed E-state index contributed by atoms with van der Waals surface area (Å²) in [4.78, 5) is 7.71. The molecule has 1 saturated carbocycles. The maximum absolute atomic E-state index is 5.34. The molecule has 4 nitrogen and oxygen atoms in total. The van der Waals surface area contributed by atoms with Gasteiger partial charge in [0.2, 0.25) is 5.88 Å². The lowest BCUT2D eigenvalue weighted by molar-refractivity contribution is 0.388. The molecule has 0 radical (unpaired) electrons. The Kier molecular flexibility index (Phi) is 2.60. The first-order valence-corrected chi connectivity index (χ1v) is 5.86. The minimum Gasteiger partial charge on any atom is -0.480 e. The molecule has 15 heavy (non-hydrogen) atoms. The van der Waals surface area contributed by atoms with E-state index in [1.165, 1.54) is 17.7 Å². The molecule has 0 saturated heterocycles. The van der Waals surface area contributed by atoms with Gasteiger partial charge in [-0.05, 0) is 19.9 Å². The fourth-order valence-electron chi connectivity index (χ4n) is 1.64. The number of nitrogens with one attached hydrogen (secondary N) is 1. The van der Waals surface area contributed by atoms with E-state index in [1.807, 2.05) is 26.0 Å². The molecule has 0 aliphatic heterocycles. The van der Waals surface area contributed by atoms with E-state index in [2.05, 4.69) is 10.3 Å². The molecule has 0 aromatic carbocycles. The second-order valence-corrected chi connectivity index (χ2v) is 5.04. The Morgan fingerprint density at radius 3 is 2.53 bits per heavy atom. The van der Waals surface area contributed by atoms with Crippen molar-refractivity contribution in [2.75, 3.05) is 33.2 Å². The summed E-state index contributed by atoms with van der Waals surface area (Å²) >= 11 is 1.71. The molecule has 2 rings (SSSR count). The molecule has 1 heterocycles. The zero-order valence-corrected chi connectivity index (χ0v) is 10.4. The van der Waals surface area contributed by atoms with E-state index >= 15 is 0 Å². The van der Waals surface area contributed by atoms with Crippen molar-refractivity contribution in [3.63, 3.8) is 0 Å². The Balaban J connectivity index is 2.37.